The molecule has 2 nitrogen and oxygen atoms in total. The second kappa shape index (κ2) is 4.39. The lowest BCUT2D eigenvalue weighted by atomic mass is 10.1. The van der Waals surface area contributed by atoms with Crippen molar-refractivity contribution in [3.63, 3.8) is 0 Å². The minimum Gasteiger partial charge on any atom is -0.371 e. The average molecular weight is 243 g/mol. The molecule has 2 rings (SSSR count). The summed E-state index contributed by atoms with van der Waals surface area (Å²) in [5.74, 6) is 0. The second-order valence-electron chi connectivity index (χ2n) is 4.05. The summed E-state index contributed by atoms with van der Waals surface area (Å²) in [5.41, 5.74) is -0.703. The Morgan fingerprint density at radius 3 is 2.35 bits per heavy atom. The van der Waals surface area contributed by atoms with E-state index < -0.39 is 11.7 Å². The number of hydrogen-bond donors (Lipinski definition) is 0. The van der Waals surface area contributed by atoms with E-state index in [4.69, 9.17) is 0 Å². The first-order valence-electron chi connectivity index (χ1n) is 5.44. The molecule has 0 unspecified atom stereocenters. The van der Waals surface area contributed by atoms with Gasteiger partial charge in [-0.15, -0.1) is 0 Å². The number of nitrogens with zero attached hydrogens (tertiary/aromatic N) is 1. The van der Waals surface area contributed by atoms with Gasteiger partial charge in [-0.25, -0.2) is 0 Å². The van der Waals surface area contributed by atoms with Crippen LogP contribution in [0.25, 0.3) is 0 Å². The molecule has 0 N–H and O–H groups in total. The van der Waals surface area contributed by atoms with E-state index in [0.717, 1.165) is 18.9 Å². The topological polar surface area (TPSA) is 20.3 Å². The van der Waals surface area contributed by atoms with Gasteiger partial charge in [0.1, 0.15) is 0 Å². The van der Waals surface area contributed by atoms with Crippen LogP contribution in [0.15, 0.2) is 18.2 Å². The van der Waals surface area contributed by atoms with Crippen LogP contribution in [0.5, 0.6) is 0 Å². The molecular formula is C12H12F3NO. The Labute approximate surface area is 97.0 Å². The zero-order valence-electron chi connectivity index (χ0n) is 9.13. The number of benzene rings is 1. The molecular weight excluding hydrogens is 231 g/mol. The Balaban J connectivity index is 2.49. The lowest BCUT2D eigenvalue weighted by molar-refractivity contribution is -0.137. The lowest BCUT2D eigenvalue weighted by Gasteiger charge is -2.21. The van der Waals surface area contributed by atoms with E-state index in [1.54, 1.807) is 6.07 Å². The van der Waals surface area contributed by atoms with Gasteiger partial charge in [0.05, 0.1) is 5.56 Å². The van der Waals surface area contributed by atoms with Crippen LogP contribution in [0.4, 0.5) is 18.9 Å². The molecule has 0 radical (unpaired) electrons. The number of carbonyl (C=O) groups is 1. The van der Waals surface area contributed by atoms with Gasteiger partial charge in [0.2, 0.25) is 0 Å². The highest BCUT2D eigenvalue weighted by molar-refractivity contribution is 5.87. The predicted molar refractivity (Wildman–Crippen MR) is 58.3 cm³/mol. The molecule has 17 heavy (non-hydrogen) atoms. The lowest BCUT2D eigenvalue weighted by Crippen LogP contribution is -2.21. The van der Waals surface area contributed by atoms with Crippen LogP contribution in [0, 0.1) is 0 Å². The molecule has 0 bridgehead atoms. The van der Waals surface area contributed by atoms with Crippen molar-refractivity contribution in [3.8, 4) is 0 Å². The molecule has 1 aliphatic heterocycles. The quantitative estimate of drug-likeness (QED) is 0.744. The highest BCUT2D eigenvalue weighted by Gasteiger charge is 2.35. The highest BCUT2D eigenvalue weighted by Crippen LogP contribution is 2.36. The number of carbonyl (C=O) groups excluding carboxylic acids is 1. The molecule has 0 spiro atoms. The van der Waals surface area contributed by atoms with E-state index in [1.807, 2.05) is 4.90 Å². The summed E-state index contributed by atoms with van der Waals surface area (Å²) in [6, 6.07) is 3.87. The molecule has 0 amide bonds. The third-order valence-corrected chi connectivity index (χ3v) is 2.95. The number of hydrogen-bond acceptors (Lipinski definition) is 2. The molecule has 0 saturated carbocycles. The first-order valence-corrected chi connectivity index (χ1v) is 5.44. The number of halogens is 3. The first-order chi connectivity index (χ1) is 8.04. The van der Waals surface area contributed by atoms with Crippen molar-refractivity contribution < 1.29 is 18.0 Å². The molecule has 0 aliphatic carbocycles. The minimum atomic E-state index is -4.48. The van der Waals surface area contributed by atoms with Crippen molar-refractivity contribution in [2.75, 3.05) is 18.0 Å². The van der Waals surface area contributed by atoms with Gasteiger partial charge in [-0.2, -0.15) is 13.2 Å². The Bertz CT molecular complexity index is 422. The van der Waals surface area contributed by atoms with Crippen molar-refractivity contribution >= 4 is 12.0 Å². The van der Waals surface area contributed by atoms with Crippen LogP contribution in [-0.2, 0) is 6.18 Å². The Hall–Kier alpha value is -1.52. The summed E-state index contributed by atoms with van der Waals surface area (Å²) < 4.78 is 38.2. The maximum atomic E-state index is 12.7. The van der Waals surface area contributed by atoms with Crippen molar-refractivity contribution in [1.82, 2.24) is 0 Å². The summed E-state index contributed by atoms with van der Waals surface area (Å²) in [5, 5.41) is 0. The van der Waals surface area contributed by atoms with Crippen molar-refractivity contribution in [2.45, 2.75) is 19.0 Å². The van der Waals surface area contributed by atoms with Crippen LogP contribution in [0.1, 0.15) is 28.8 Å². The summed E-state index contributed by atoms with van der Waals surface area (Å²) in [6.07, 6.45) is -2.27. The van der Waals surface area contributed by atoms with Gasteiger partial charge < -0.3 is 4.90 Å². The van der Waals surface area contributed by atoms with E-state index in [9.17, 15) is 18.0 Å². The Morgan fingerprint density at radius 1 is 1.18 bits per heavy atom. The largest absolute Gasteiger partial charge is 0.417 e. The van der Waals surface area contributed by atoms with Gasteiger partial charge in [-0.05, 0) is 25.0 Å². The maximum absolute atomic E-state index is 12.7. The smallest absolute Gasteiger partial charge is 0.371 e. The van der Waals surface area contributed by atoms with E-state index in [0.29, 0.717) is 25.1 Å². The van der Waals surface area contributed by atoms with Crippen LogP contribution in [0.2, 0.25) is 0 Å². The van der Waals surface area contributed by atoms with Gasteiger partial charge in [0.25, 0.3) is 0 Å². The normalized spacial score (nSPS) is 16.3. The number of anilines is 1. The zero-order chi connectivity index (χ0) is 12.5. The molecule has 5 heteroatoms. The summed E-state index contributed by atoms with van der Waals surface area (Å²) >= 11 is 0. The van der Waals surface area contributed by atoms with Crippen molar-refractivity contribution in [3.05, 3.63) is 29.3 Å². The van der Waals surface area contributed by atoms with Crippen LogP contribution in [-0.4, -0.2) is 19.4 Å². The molecule has 1 aromatic rings. The third kappa shape index (κ3) is 2.28. The highest BCUT2D eigenvalue weighted by atomic mass is 19.4. The summed E-state index contributed by atoms with van der Waals surface area (Å²) in [7, 11) is 0. The van der Waals surface area contributed by atoms with Crippen molar-refractivity contribution in [1.29, 1.82) is 0 Å². The third-order valence-electron chi connectivity index (χ3n) is 2.95. The fraction of sp³-hybridized carbons (Fsp3) is 0.417. The van der Waals surface area contributed by atoms with Gasteiger partial charge in [-0.3, -0.25) is 4.79 Å². The monoisotopic (exact) mass is 243 g/mol. The summed E-state index contributed by atoms with van der Waals surface area (Å²) in [4.78, 5) is 12.8. The Morgan fingerprint density at radius 2 is 1.82 bits per heavy atom. The van der Waals surface area contributed by atoms with Gasteiger partial charge in [0, 0.05) is 24.3 Å². The van der Waals surface area contributed by atoms with Crippen LogP contribution < -0.4 is 4.90 Å². The standard InChI is InChI=1S/C12H12F3NO/c13-12(14,15)10-4-3-5-11(9(10)8-17)16-6-1-2-7-16/h3-5,8H,1-2,6-7H2. The molecule has 1 aromatic carbocycles. The van der Waals surface area contributed by atoms with E-state index in [1.165, 1.54) is 6.07 Å². The van der Waals surface area contributed by atoms with Gasteiger partial charge in [-0.1, -0.05) is 6.07 Å². The predicted octanol–water partition coefficient (Wildman–Crippen LogP) is 3.12. The molecule has 0 atom stereocenters. The van der Waals surface area contributed by atoms with Crippen molar-refractivity contribution in [2.24, 2.45) is 0 Å². The van der Waals surface area contributed by atoms with Crippen LogP contribution in [0.3, 0.4) is 0 Å². The molecule has 1 aliphatic rings. The van der Waals surface area contributed by atoms with E-state index in [2.05, 4.69) is 0 Å². The van der Waals surface area contributed by atoms with Crippen LogP contribution >= 0.6 is 0 Å². The number of alkyl halides is 3. The average Bonchev–Trinajstić information content (AvgIpc) is 2.80. The van der Waals surface area contributed by atoms with Gasteiger partial charge >= 0.3 is 6.18 Å². The molecule has 1 saturated heterocycles. The van der Waals surface area contributed by atoms with Gasteiger partial charge in [0.15, 0.2) is 6.29 Å². The molecule has 0 aromatic heterocycles. The minimum absolute atomic E-state index is 0.248. The van der Waals surface area contributed by atoms with E-state index >= 15 is 0 Å². The second-order valence-corrected chi connectivity index (χ2v) is 4.05. The SMILES string of the molecule is O=Cc1c(N2CCCC2)cccc1C(F)(F)F. The van der Waals surface area contributed by atoms with E-state index in [-0.39, 0.29) is 5.56 Å². The fourth-order valence-corrected chi connectivity index (χ4v) is 2.16. The fourth-order valence-electron chi connectivity index (χ4n) is 2.16. The molecule has 1 heterocycles. The first kappa shape index (κ1) is 12.0. The molecule has 1 fully saturated rings. The summed E-state index contributed by atoms with van der Waals surface area (Å²) in [6.45, 7) is 1.42. The number of rotatable bonds is 2. The molecule has 92 valence electrons. The maximum Gasteiger partial charge on any atom is 0.417 e. The zero-order valence-corrected chi connectivity index (χ0v) is 9.13. The number of aldehydes is 1. The Kier molecular flexibility index (Phi) is 3.09.